The average Bonchev–Trinajstić information content (AvgIpc) is 2.34. The molecule has 1 aromatic carbocycles. The first-order valence-electron chi connectivity index (χ1n) is 7.40. The zero-order valence-corrected chi connectivity index (χ0v) is 13.5. The van der Waals surface area contributed by atoms with E-state index in [1.165, 1.54) is 5.56 Å². The molecule has 1 rings (SSSR count). The van der Waals surface area contributed by atoms with Crippen LogP contribution in [-0.4, -0.2) is 24.0 Å². The monoisotopic (exact) mass is 276 g/mol. The fraction of sp³-hybridized carbons (Fsp3) is 0.588. The van der Waals surface area contributed by atoms with Gasteiger partial charge in [0.25, 0.3) is 0 Å². The Bertz CT molecular complexity index is 435. The lowest BCUT2D eigenvalue weighted by molar-refractivity contribution is 0.173. The van der Waals surface area contributed by atoms with Crippen molar-refractivity contribution in [1.29, 1.82) is 0 Å². The number of amides is 2. The van der Waals surface area contributed by atoms with Crippen LogP contribution in [0.2, 0.25) is 0 Å². The first-order valence-corrected chi connectivity index (χ1v) is 7.40. The maximum Gasteiger partial charge on any atom is 0.317 e. The molecule has 0 spiro atoms. The molecule has 0 saturated carbocycles. The van der Waals surface area contributed by atoms with Gasteiger partial charge in [-0.05, 0) is 24.3 Å². The largest absolute Gasteiger partial charge is 0.334 e. The SMILES string of the molecule is CCCN(CC(C)(C)C)C(=O)NCc1cccc(C)c1. The second-order valence-corrected chi connectivity index (χ2v) is 6.63. The molecule has 0 saturated heterocycles. The second-order valence-electron chi connectivity index (χ2n) is 6.63. The summed E-state index contributed by atoms with van der Waals surface area (Å²) in [5, 5.41) is 3.02. The van der Waals surface area contributed by atoms with Gasteiger partial charge in [0, 0.05) is 19.6 Å². The van der Waals surface area contributed by atoms with Crippen molar-refractivity contribution in [2.75, 3.05) is 13.1 Å². The number of urea groups is 1. The zero-order chi connectivity index (χ0) is 15.2. The van der Waals surface area contributed by atoms with Crippen LogP contribution in [-0.2, 0) is 6.54 Å². The molecule has 2 amide bonds. The van der Waals surface area contributed by atoms with Gasteiger partial charge >= 0.3 is 6.03 Å². The van der Waals surface area contributed by atoms with Crippen LogP contribution in [0.5, 0.6) is 0 Å². The summed E-state index contributed by atoms with van der Waals surface area (Å²) in [6.45, 7) is 12.8. The number of carbonyl (C=O) groups is 1. The van der Waals surface area contributed by atoms with Crippen LogP contribution in [0.15, 0.2) is 24.3 Å². The third-order valence-electron chi connectivity index (χ3n) is 2.97. The molecule has 112 valence electrons. The van der Waals surface area contributed by atoms with Crippen LogP contribution < -0.4 is 5.32 Å². The van der Waals surface area contributed by atoms with Crippen molar-refractivity contribution in [3.05, 3.63) is 35.4 Å². The maximum atomic E-state index is 12.3. The molecular weight excluding hydrogens is 248 g/mol. The Labute approximate surface area is 123 Å². The second kappa shape index (κ2) is 7.32. The van der Waals surface area contributed by atoms with Crippen molar-refractivity contribution in [2.45, 2.75) is 47.6 Å². The van der Waals surface area contributed by atoms with E-state index in [1.807, 2.05) is 17.0 Å². The van der Waals surface area contributed by atoms with Crippen LogP contribution in [0.25, 0.3) is 0 Å². The predicted octanol–water partition coefficient (Wildman–Crippen LogP) is 3.96. The molecule has 0 heterocycles. The van der Waals surface area contributed by atoms with E-state index in [9.17, 15) is 4.79 Å². The average molecular weight is 276 g/mol. The van der Waals surface area contributed by atoms with E-state index in [1.54, 1.807) is 0 Å². The van der Waals surface area contributed by atoms with Crippen molar-refractivity contribution >= 4 is 6.03 Å². The van der Waals surface area contributed by atoms with Crippen LogP contribution in [0, 0.1) is 12.3 Å². The fourth-order valence-corrected chi connectivity index (χ4v) is 2.21. The van der Waals surface area contributed by atoms with E-state index in [4.69, 9.17) is 0 Å². The molecule has 0 fully saturated rings. The molecule has 0 radical (unpaired) electrons. The fourth-order valence-electron chi connectivity index (χ4n) is 2.21. The number of nitrogens with zero attached hydrogens (tertiary/aromatic N) is 1. The van der Waals surface area contributed by atoms with Crippen molar-refractivity contribution < 1.29 is 4.79 Å². The van der Waals surface area contributed by atoms with E-state index >= 15 is 0 Å². The van der Waals surface area contributed by atoms with Gasteiger partial charge in [0.15, 0.2) is 0 Å². The summed E-state index contributed by atoms with van der Waals surface area (Å²) in [6.07, 6.45) is 0.980. The summed E-state index contributed by atoms with van der Waals surface area (Å²) < 4.78 is 0. The normalized spacial score (nSPS) is 11.2. The van der Waals surface area contributed by atoms with Gasteiger partial charge in [0.2, 0.25) is 0 Å². The summed E-state index contributed by atoms with van der Waals surface area (Å²) in [7, 11) is 0. The van der Waals surface area contributed by atoms with E-state index in [0.29, 0.717) is 6.54 Å². The van der Waals surface area contributed by atoms with Gasteiger partial charge in [-0.1, -0.05) is 57.5 Å². The predicted molar refractivity (Wildman–Crippen MR) is 84.7 cm³/mol. The first kappa shape index (κ1) is 16.5. The highest BCUT2D eigenvalue weighted by molar-refractivity contribution is 5.74. The Morgan fingerprint density at radius 3 is 2.55 bits per heavy atom. The lowest BCUT2D eigenvalue weighted by Crippen LogP contribution is -2.44. The molecule has 0 aromatic heterocycles. The van der Waals surface area contributed by atoms with E-state index in [2.05, 4.69) is 52.1 Å². The molecule has 0 bridgehead atoms. The molecule has 3 nitrogen and oxygen atoms in total. The van der Waals surface area contributed by atoms with Gasteiger partial charge in [-0.2, -0.15) is 0 Å². The van der Waals surface area contributed by atoms with Crippen LogP contribution in [0.4, 0.5) is 4.79 Å². The summed E-state index contributed by atoms with van der Waals surface area (Å²) in [5.74, 6) is 0. The number of carbonyl (C=O) groups excluding carboxylic acids is 1. The summed E-state index contributed by atoms with van der Waals surface area (Å²) in [5.41, 5.74) is 2.48. The number of hydrogen-bond donors (Lipinski definition) is 1. The van der Waals surface area contributed by atoms with Crippen molar-refractivity contribution in [2.24, 2.45) is 5.41 Å². The number of rotatable bonds is 5. The lowest BCUT2D eigenvalue weighted by Gasteiger charge is -2.30. The van der Waals surface area contributed by atoms with E-state index < -0.39 is 0 Å². The molecule has 3 heteroatoms. The summed E-state index contributed by atoms with van der Waals surface area (Å²) >= 11 is 0. The molecule has 0 aliphatic rings. The van der Waals surface area contributed by atoms with E-state index in [0.717, 1.165) is 25.1 Å². The molecule has 1 N–H and O–H groups in total. The van der Waals surface area contributed by atoms with Crippen molar-refractivity contribution in [1.82, 2.24) is 10.2 Å². The zero-order valence-electron chi connectivity index (χ0n) is 13.5. The summed E-state index contributed by atoms with van der Waals surface area (Å²) in [4.78, 5) is 14.2. The Morgan fingerprint density at radius 2 is 2.00 bits per heavy atom. The van der Waals surface area contributed by atoms with Crippen molar-refractivity contribution in [3.8, 4) is 0 Å². The minimum Gasteiger partial charge on any atom is -0.334 e. The Morgan fingerprint density at radius 1 is 1.30 bits per heavy atom. The Balaban J connectivity index is 2.58. The number of aryl methyl sites for hydroxylation is 1. The Kier molecular flexibility index (Phi) is 6.05. The topological polar surface area (TPSA) is 32.3 Å². The smallest absolute Gasteiger partial charge is 0.317 e. The third kappa shape index (κ3) is 6.09. The van der Waals surface area contributed by atoms with Crippen LogP contribution >= 0.6 is 0 Å². The third-order valence-corrected chi connectivity index (χ3v) is 2.97. The lowest BCUT2D eigenvalue weighted by atomic mass is 9.96. The number of nitrogens with one attached hydrogen (secondary N) is 1. The number of benzene rings is 1. The van der Waals surface area contributed by atoms with Gasteiger partial charge in [0.05, 0.1) is 0 Å². The van der Waals surface area contributed by atoms with Gasteiger partial charge in [0.1, 0.15) is 0 Å². The molecule has 1 aromatic rings. The van der Waals surface area contributed by atoms with Gasteiger partial charge < -0.3 is 10.2 Å². The van der Waals surface area contributed by atoms with Gasteiger partial charge in [-0.15, -0.1) is 0 Å². The van der Waals surface area contributed by atoms with Gasteiger partial charge in [-0.3, -0.25) is 0 Å². The minimum absolute atomic E-state index is 0.0308. The van der Waals surface area contributed by atoms with Crippen LogP contribution in [0.1, 0.15) is 45.2 Å². The molecule has 0 aliphatic heterocycles. The molecule has 20 heavy (non-hydrogen) atoms. The molecule has 0 aliphatic carbocycles. The molecule has 0 unspecified atom stereocenters. The van der Waals surface area contributed by atoms with Gasteiger partial charge in [-0.25, -0.2) is 4.79 Å². The maximum absolute atomic E-state index is 12.3. The highest BCUT2D eigenvalue weighted by Gasteiger charge is 2.19. The number of hydrogen-bond acceptors (Lipinski definition) is 1. The summed E-state index contributed by atoms with van der Waals surface area (Å²) in [6, 6.07) is 8.27. The minimum atomic E-state index is 0.0308. The standard InChI is InChI=1S/C17H28N2O/c1-6-10-19(13-17(3,4)5)16(20)18-12-15-9-7-8-14(2)11-15/h7-9,11H,6,10,12-13H2,1-5H3,(H,18,20). The molecule has 0 atom stereocenters. The highest BCUT2D eigenvalue weighted by Crippen LogP contribution is 2.15. The highest BCUT2D eigenvalue weighted by atomic mass is 16.2. The first-order chi connectivity index (χ1) is 9.31. The van der Waals surface area contributed by atoms with E-state index in [-0.39, 0.29) is 11.4 Å². The molecular formula is C17H28N2O. The quantitative estimate of drug-likeness (QED) is 0.867. The van der Waals surface area contributed by atoms with Crippen molar-refractivity contribution in [3.63, 3.8) is 0 Å². The Hall–Kier alpha value is -1.51. The van der Waals surface area contributed by atoms with Crippen LogP contribution in [0.3, 0.4) is 0 Å².